The highest BCUT2D eigenvalue weighted by Gasteiger charge is 2.15. The molecule has 0 aromatic heterocycles. The molecule has 1 nitrogen and oxygen atoms in total. The van der Waals surface area contributed by atoms with E-state index in [9.17, 15) is 0 Å². The van der Waals surface area contributed by atoms with Crippen LogP contribution in [0.3, 0.4) is 0 Å². The maximum atomic E-state index is 6.20. The molecular formula is C18H22ClN. The van der Waals surface area contributed by atoms with Gasteiger partial charge >= 0.3 is 0 Å². The van der Waals surface area contributed by atoms with Crippen molar-refractivity contribution in [1.29, 1.82) is 0 Å². The van der Waals surface area contributed by atoms with E-state index in [4.69, 9.17) is 11.6 Å². The summed E-state index contributed by atoms with van der Waals surface area (Å²) in [5, 5.41) is 4.28. The Hall–Kier alpha value is -1.31. The number of aryl methyl sites for hydroxylation is 3. The van der Waals surface area contributed by atoms with E-state index in [0.29, 0.717) is 6.04 Å². The summed E-state index contributed by atoms with van der Waals surface area (Å²) in [5.41, 5.74) is 6.44. The van der Waals surface area contributed by atoms with Crippen LogP contribution >= 0.6 is 11.6 Å². The first kappa shape index (κ1) is 15.1. The third-order valence-corrected chi connectivity index (χ3v) is 4.36. The van der Waals surface area contributed by atoms with E-state index in [1.54, 1.807) is 0 Å². The minimum atomic E-state index is 0.312. The van der Waals surface area contributed by atoms with Crippen LogP contribution in [0.25, 0.3) is 0 Å². The molecule has 2 heteroatoms. The molecular weight excluding hydrogens is 266 g/mol. The molecule has 2 rings (SSSR count). The maximum absolute atomic E-state index is 6.20. The molecule has 0 bridgehead atoms. The van der Waals surface area contributed by atoms with Gasteiger partial charge in [0.25, 0.3) is 0 Å². The van der Waals surface area contributed by atoms with Crippen LogP contribution in [0, 0.1) is 20.8 Å². The van der Waals surface area contributed by atoms with Crippen LogP contribution in [0.15, 0.2) is 36.4 Å². The summed E-state index contributed by atoms with van der Waals surface area (Å²) < 4.78 is 0. The standard InChI is InChI=1S/C18H22ClN/c1-12-7-5-6-8-15(12)11-18(20-4)16-9-14(3)17(19)10-13(16)2/h5-10,18,20H,11H2,1-4H3. The van der Waals surface area contributed by atoms with Gasteiger partial charge < -0.3 is 5.32 Å². The van der Waals surface area contributed by atoms with Crippen LogP contribution in [0.4, 0.5) is 0 Å². The molecule has 0 saturated heterocycles. The van der Waals surface area contributed by atoms with Crippen molar-refractivity contribution in [3.05, 3.63) is 69.2 Å². The molecule has 0 saturated carbocycles. The largest absolute Gasteiger partial charge is 0.313 e. The number of hydrogen-bond donors (Lipinski definition) is 1. The van der Waals surface area contributed by atoms with Gasteiger partial charge in [-0.15, -0.1) is 0 Å². The second kappa shape index (κ2) is 6.43. The molecule has 0 spiro atoms. The highest BCUT2D eigenvalue weighted by Crippen LogP contribution is 2.27. The monoisotopic (exact) mass is 287 g/mol. The van der Waals surface area contributed by atoms with Gasteiger partial charge in [-0.05, 0) is 68.1 Å². The lowest BCUT2D eigenvalue weighted by Crippen LogP contribution is -2.20. The normalized spacial score (nSPS) is 12.4. The van der Waals surface area contributed by atoms with Gasteiger partial charge in [0.15, 0.2) is 0 Å². The summed E-state index contributed by atoms with van der Waals surface area (Å²) in [6.07, 6.45) is 0.991. The molecule has 1 unspecified atom stereocenters. The summed E-state index contributed by atoms with van der Waals surface area (Å²) in [5.74, 6) is 0. The number of hydrogen-bond acceptors (Lipinski definition) is 1. The Labute approximate surface area is 127 Å². The quantitative estimate of drug-likeness (QED) is 0.854. The van der Waals surface area contributed by atoms with Crippen molar-refractivity contribution in [3.63, 3.8) is 0 Å². The SMILES string of the molecule is CNC(Cc1ccccc1C)c1cc(C)c(Cl)cc1C. The van der Waals surface area contributed by atoms with Crippen LogP contribution in [-0.4, -0.2) is 7.05 Å². The molecule has 20 heavy (non-hydrogen) atoms. The smallest absolute Gasteiger partial charge is 0.0438 e. The molecule has 0 aliphatic carbocycles. The predicted molar refractivity (Wildman–Crippen MR) is 87.6 cm³/mol. The fourth-order valence-electron chi connectivity index (χ4n) is 2.61. The van der Waals surface area contributed by atoms with Crippen molar-refractivity contribution in [3.8, 4) is 0 Å². The molecule has 0 amide bonds. The summed E-state index contributed by atoms with van der Waals surface area (Å²) in [6, 6.07) is 13.2. The van der Waals surface area contributed by atoms with Crippen LogP contribution in [0.2, 0.25) is 5.02 Å². The van der Waals surface area contributed by atoms with Crippen LogP contribution < -0.4 is 5.32 Å². The number of rotatable bonds is 4. The van der Waals surface area contributed by atoms with Crippen LogP contribution in [-0.2, 0) is 6.42 Å². The second-order valence-electron chi connectivity index (χ2n) is 5.43. The summed E-state index contributed by atoms with van der Waals surface area (Å²) >= 11 is 6.20. The van der Waals surface area contributed by atoms with E-state index in [0.717, 1.165) is 17.0 Å². The van der Waals surface area contributed by atoms with Crippen LogP contribution in [0.5, 0.6) is 0 Å². The average Bonchev–Trinajstić information content (AvgIpc) is 2.42. The Morgan fingerprint density at radius 1 is 1.00 bits per heavy atom. The fraction of sp³-hybridized carbons (Fsp3) is 0.333. The minimum Gasteiger partial charge on any atom is -0.313 e. The van der Waals surface area contributed by atoms with E-state index in [2.05, 4.69) is 62.5 Å². The Morgan fingerprint density at radius 2 is 1.70 bits per heavy atom. The zero-order valence-corrected chi connectivity index (χ0v) is 13.4. The van der Waals surface area contributed by atoms with E-state index in [-0.39, 0.29) is 0 Å². The van der Waals surface area contributed by atoms with Crippen molar-refractivity contribution in [2.45, 2.75) is 33.2 Å². The molecule has 1 N–H and O–H groups in total. The zero-order valence-electron chi connectivity index (χ0n) is 12.6. The zero-order chi connectivity index (χ0) is 14.7. The molecule has 1 atom stereocenters. The number of benzene rings is 2. The van der Waals surface area contributed by atoms with Gasteiger partial charge in [-0.1, -0.05) is 41.9 Å². The van der Waals surface area contributed by atoms with Gasteiger partial charge in [0.2, 0.25) is 0 Å². The summed E-state index contributed by atoms with van der Waals surface area (Å²) in [6.45, 7) is 6.36. The Morgan fingerprint density at radius 3 is 2.35 bits per heavy atom. The lowest BCUT2D eigenvalue weighted by molar-refractivity contribution is 0.587. The predicted octanol–water partition coefficient (Wildman–Crippen LogP) is 4.77. The van der Waals surface area contributed by atoms with Crippen molar-refractivity contribution < 1.29 is 0 Å². The Kier molecular flexibility index (Phi) is 4.85. The minimum absolute atomic E-state index is 0.312. The first-order valence-corrected chi connectivity index (χ1v) is 7.39. The van der Waals surface area contributed by atoms with Crippen molar-refractivity contribution >= 4 is 11.6 Å². The number of halogens is 1. The lowest BCUT2D eigenvalue weighted by Gasteiger charge is -2.21. The number of nitrogens with one attached hydrogen (secondary N) is 1. The van der Waals surface area contributed by atoms with Crippen molar-refractivity contribution in [2.24, 2.45) is 0 Å². The topological polar surface area (TPSA) is 12.0 Å². The van der Waals surface area contributed by atoms with Crippen molar-refractivity contribution in [1.82, 2.24) is 5.32 Å². The first-order chi connectivity index (χ1) is 9.52. The van der Waals surface area contributed by atoms with E-state index >= 15 is 0 Å². The molecule has 0 aliphatic rings. The Bertz CT molecular complexity index is 604. The molecule has 2 aromatic rings. The van der Waals surface area contributed by atoms with E-state index < -0.39 is 0 Å². The summed E-state index contributed by atoms with van der Waals surface area (Å²) in [7, 11) is 2.02. The lowest BCUT2D eigenvalue weighted by atomic mass is 9.92. The number of likely N-dealkylation sites (N-methyl/N-ethyl adjacent to an activating group) is 1. The highest BCUT2D eigenvalue weighted by molar-refractivity contribution is 6.31. The third kappa shape index (κ3) is 3.23. The second-order valence-corrected chi connectivity index (χ2v) is 5.84. The summed E-state index contributed by atoms with van der Waals surface area (Å²) in [4.78, 5) is 0. The highest BCUT2D eigenvalue weighted by atomic mass is 35.5. The molecule has 0 aliphatic heterocycles. The van der Waals surface area contributed by atoms with Gasteiger partial charge in [-0.3, -0.25) is 0 Å². The average molecular weight is 288 g/mol. The van der Waals surface area contributed by atoms with Gasteiger partial charge in [0.1, 0.15) is 0 Å². The van der Waals surface area contributed by atoms with Gasteiger partial charge in [-0.2, -0.15) is 0 Å². The third-order valence-electron chi connectivity index (χ3n) is 3.96. The van der Waals surface area contributed by atoms with Crippen LogP contribution in [0.1, 0.15) is 33.9 Å². The van der Waals surface area contributed by atoms with Gasteiger partial charge in [0, 0.05) is 11.1 Å². The van der Waals surface area contributed by atoms with E-state index in [1.165, 1.54) is 22.3 Å². The van der Waals surface area contributed by atoms with Gasteiger partial charge in [-0.25, -0.2) is 0 Å². The first-order valence-electron chi connectivity index (χ1n) is 7.01. The molecule has 0 fully saturated rings. The molecule has 0 heterocycles. The molecule has 106 valence electrons. The Balaban J connectivity index is 2.34. The van der Waals surface area contributed by atoms with E-state index in [1.807, 2.05) is 7.05 Å². The molecule has 2 aromatic carbocycles. The van der Waals surface area contributed by atoms with Crippen molar-refractivity contribution in [2.75, 3.05) is 7.05 Å². The fourth-order valence-corrected chi connectivity index (χ4v) is 2.82. The maximum Gasteiger partial charge on any atom is 0.0438 e. The van der Waals surface area contributed by atoms with Gasteiger partial charge in [0.05, 0.1) is 0 Å². The molecule has 0 radical (unpaired) electrons.